The van der Waals surface area contributed by atoms with Gasteiger partial charge in [0.05, 0.1) is 5.37 Å². The maximum Gasteiger partial charge on any atom is 0.0563 e. The van der Waals surface area contributed by atoms with Crippen LogP contribution in [0.1, 0.15) is 53.4 Å². The van der Waals surface area contributed by atoms with Crippen molar-refractivity contribution < 1.29 is 0 Å². The summed E-state index contributed by atoms with van der Waals surface area (Å²) in [4.78, 5) is 0. The minimum Gasteiger partial charge on any atom is -0.302 e. The van der Waals surface area contributed by atoms with Crippen LogP contribution in [0, 0.1) is 17.3 Å². The van der Waals surface area contributed by atoms with Gasteiger partial charge in [-0.05, 0) is 49.9 Å². The molecule has 1 aliphatic carbocycles. The zero-order valence-corrected chi connectivity index (χ0v) is 12.1. The van der Waals surface area contributed by atoms with Crippen LogP contribution in [0.15, 0.2) is 0 Å². The molecule has 0 aromatic rings. The van der Waals surface area contributed by atoms with Gasteiger partial charge in [-0.2, -0.15) is 0 Å². The molecule has 0 bridgehead atoms. The van der Waals surface area contributed by atoms with Crippen LogP contribution in [-0.2, 0) is 0 Å². The van der Waals surface area contributed by atoms with Crippen molar-refractivity contribution in [2.45, 2.75) is 64.8 Å². The van der Waals surface area contributed by atoms with E-state index in [9.17, 15) is 0 Å². The Balaban J connectivity index is 1.81. The summed E-state index contributed by atoms with van der Waals surface area (Å²) >= 11 is 2.15. The van der Waals surface area contributed by atoms with Gasteiger partial charge in [-0.15, -0.1) is 11.8 Å². The second kappa shape index (κ2) is 4.89. The molecule has 94 valence electrons. The van der Waals surface area contributed by atoms with E-state index < -0.39 is 0 Å². The van der Waals surface area contributed by atoms with Crippen molar-refractivity contribution in [3.8, 4) is 0 Å². The van der Waals surface area contributed by atoms with Crippen molar-refractivity contribution in [1.82, 2.24) is 5.32 Å². The molecule has 1 saturated heterocycles. The summed E-state index contributed by atoms with van der Waals surface area (Å²) in [6.07, 6.45) is 5.78. The Kier molecular flexibility index (Phi) is 3.90. The van der Waals surface area contributed by atoms with Gasteiger partial charge in [-0.3, -0.25) is 0 Å². The van der Waals surface area contributed by atoms with E-state index in [2.05, 4.69) is 44.8 Å². The molecule has 1 heterocycles. The lowest BCUT2D eigenvalue weighted by Gasteiger charge is -2.38. The van der Waals surface area contributed by atoms with Gasteiger partial charge in [0.1, 0.15) is 0 Å². The predicted molar refractivity (Wildman–Crippen MR) is 73.7 cm³/mol. The monoisotopic (exact) mass is 241 g/mol. The average molecular weight is 241 g/mol. The van der Waals surface area contributed by atoms with Crippen molar-refractivity contribution in [3.63, 3.8) is 0 Å². The number of hydrogen-bond acceptors (Lipinski definition) is 2. The molecule has 2 atom stereocenters. The summed E-state index contributed by atoms with van der Waals surface area (Å²) in [6.45, 7) is 9.53. The first-order valence-corrected chi connectivity index (χ1v) is 7.89. The second-order valence-electron chi connectivity index (χ2n) is 6.80. The zero-order valence-electron chi connectivity index (χ0n) is 11.3. The van der Waals surface area contributed by atoms with Crippen molar-refractivity contribution in [2.75, 3.05) is 5.75 Å². The molecule has 0 spiro atoms. The van der Waals surface area contributed by atoms with Gasteiger partial charge in [0.25, 0.3) is 0 Å². The highest BCUT2D eigenvalue weighted by molar-refractivity contribution is 8.00. The molecule has 0 aromatic carbocycles. The molecule has 2 rings (SSSR count). The SMILES string of the molecule is CC1CSC(C2CCC(C(C)(C)C)CC2)N1. The quantitative estimate of drug-likeness (QED) is 0.747. The molecular formula is C14H27NS. The van der Waals surface area contributed by atoms with Crippen LogP contribution in [-0.4, -0.2) is 17.2 Å². The Hall–Kier alpha value is 0.310. The molecule has 2 aliphatic rings. The van der Waals surface area contributed by atoms with Gasteiger partial charge in [0.2, 0.25) is 0 Å². The molecule has 0 aromatic heterocycles. The first-order chi connectivity index (χ1) is 7.47. The van der Waals surface area contributed by atoms with E-state index in [4.69, 9.17) is 0 Å². The highest BCUT2D eigenvalue weighted by Crippen LogP contribution is 2.43. The van der Waals surface area contributed by atoms with Crippen molar-refractivity contribution in [3.05, 3.63) is 0 Å². The van der Waals surface area contributed by atoms with Crippen molar-refractivity contribution in [2.24, 2.45) is 17.3 Å². The van der Waals surface area contributed by atoms with Crippen LogP contribution in [0.3, 0.4) is 0 Å². The molecule has 0 amide bonds. The van der Waals surface area contributed by atoms with Gasteiger partial charge >= 0.3 is 0 Å². The van der Waals surface area contributed by atoms with Gasteiger partial charge in [-0.25, -0.2) is 0 Å². The summed E-state index contributed by atoms with van der Waals surface area (Å²) in [5, 5.41) is 4.50. The highest BCUT2D eigenvalue weighted by Gasteiger charge is 2.35. The van der Waals surface area contributed by atoms with E-state index in [0.717, 1.165) is 23.3 Å². The average Bonchev–Trinajstić information content (AvgIpc) is 2.64. The molecular weight excluding hydrogens is 214 g/mol. The highest BCUT2D eigenvalue weighted by atomic mass is 32.2. The van der Waals surface area contributed by atoms with E-state index >= 15 is 0 Å². The summed E-state index contributed by atoms with van der Waals surface area (Å²) in [5.41, 5.74) is 0.522. The summed E-state index contributed by atoms with van der Waals surface area (Å²) < 4.78 is 0. The molecule has 2 unspecified atom stereocenters. The molecule has 1 aliphatic heterocycles. The van der Waals surface area contributed by atoms with Crippen molar-refractivity contribution >= 4 is 11.8 Å². The van der Waals surface area contributed by atoms with Gasteiger partial charge < -0.3 is 5.32 Å². The Labute approximate surface area is 105 Å². The summed E-state index contributed by atoms with van der Waals surface area (Å²) in [5.74, 6) is 3.20. The minimum absolute atomic E-state index is 0.522. The third-order valence-corrected chi connectivity index (χ3v) is 5.97. The van der Waals surface area contributed by atoms with E-state index in [1.165, 1.54) is 31.4 Å². The van der Waals surface area contributed by atoms with Crippen LogP contribution in [0.2, 0.25) is 0 Å². The smallest absolute Gasteiger partial charge is 0.0563 e. The standard InChI is InChI=1S/C14H27NS/c1-10-9-16-13(15-10)11-5-7-12(8-6-11)14(2,3)4/h10-13,15H,5-9H2,1-4H3. The molecule has 1 N–H and O–H groups in total. The second-order valence-corrected chi connectivity index (χ2v) is 7.97. The van der Waals surface area contributed by atoms with Crippen LogP contribution in [0.4, 0.5) is 0 Å². The summed E-state index contributed by atoms with van der Waals surface area (Å²) in [7, 11) is 0. The maximum atomic E-state index is 3.74. The Morgan fingerprint density at radius 2 is 1.69 bits per heavy atom. The Morgan fingerprint density at radius 1 is 1.06 bits per heavy atom. The van der Waals surface area contributed by atoms with E-state index in [1.807, 2.05) is 0 Å². The molecule has 1 nitrogen and oxygen atoms in total. The number of nitrogens with one attached hydrogen (secondary N) is 1. The van der Waals surface area contributed by atoms with Crippen LogP contribution in [0.5, 0.6) is 0 Å². The topological polar surface area (TPSA) is 12.0 Å². The van der Waals surface area contributed by atoms with Crippen LogP contribution >= 0.6 is 11.8 Å². The van der Waals surface area contributed by atoms with E-state index in [-0.39, 0.29) is 0 Å². The minimum atomic E-state index is 0.522. The van der Waals surface area contributed by atoms with Gasteiger partial charge in [-0.1, -0.05) is 20.8 Å². The fourth-order valence-electron chi connectivity index (χ4n) is 3.18. The predicted octanol–water partition coefficient (Wildman–Crippen LogP) is 3.89. The van der Waals surface area contributed by atoms with E-state index in [1.54, 1.807) is 0 Å². The van der Waals surface area contributed by atoms with Gasteiger partial charge in [0, 0.05) is 11.8 Å². The molecule has 2 heteroatoms. The molecule has 1 saturated carbocycles. The largest absolute Gasteiger partial charge is 0.302 e. The van der Waals surface area contributed by atoms with E-state index in [0.29, 0.717) is 5.41 Å². The fraction of sp³-hybridized carbons (Fsp3) is 1.00. The molecule has 0 radical (unpaired) electrons. The van der Waals surface area contributed by atoms with Crippen LogP contribution in [0.25, 0.3) is 0 Å². The Bertz CT molecular complexity index is 225. The first kappa shape index (κ1) is 12.8. The molecule has 2 fully saturated rings. The lowest BCUT2D eigenvalue weighted by molar-refractivity contribution is 0.145. The third kappa shape index (κ3) is 2.95. The number of rotatable bonds is 1. The zero-order chi connectivity index (χ0) is 11.8. The van der Waals surface area contributed by atoms with Crippen LogP contribution < -0.4 is 5.32 Å². The van der Waals surface area contributed by atoms with Crippen molar-refractivity contribution in [1.29, 1.82) is 0 Å². The molecule has 16 heavy (non-hydrogen) atoms. The third-order valence-electron chi connectivity index (χ3n) is 4.40. The fourth-order valence-corrected chi connectivity index (χ4v) is 4.65. The number of thioether (sulfide) groups is 1. The summed E-state index contributed by atoms with van der Waals surface area (Å²) in [6, 6.07) is 0.732. The maximum absolute atomic E-state index is 3.74. The normalized spacial score (nSPS) is 41.2. The van der Waals surface area contributed by atoms with Gasteiger partial charge in [0.15, 0.2) is 0 Å². The lowest BCUT2D eigenvalue weighted by atomic mass is 9.70. The first-order valence-electron chi connectivity index (χ1n) is 6.84. The Morgan fingerprint density at radius 3 is 2.12 bits per heavy atom. The lowest BCUT2D eigenvalue weighted by Crippen LogP contribution is -2.36. The number of hydrogen-bond donors (Lipinski definition) is 1.